The highest BCUT2D eigenvalue weighted by Gasteiger charge is 2.16. The highest BCUT2D eigenvalue weighted by Crippen LogP contribution is 2.30. The monoisotopic (exact) mass is 361 g/mol. The van der Waals surface area contributed by atoms with E-state index in [2.05, 4.69) is 18.2 Å². The number of hydrogen-bond acceptors (Lipinski definition) is 3. The van der Waals surface area contributed by atoms with Gasteiger partial charge in [-0.05, 0) is 41.3 Å². The molecule has 4 heteroatoms. The standard InChI is InChI=1S/C23H23NO3/c25-23(24-13-11-20(12-14-24)19-5-2-1-3-6-19)10-8-18-7-9-21-22(17-18)27-16-4-15-26-21/h1-3,5-11,17H,4,12-16H2/b10-8+. The number of ether oxygens (including phenoxy) is 2. The first-order valence-corrected chi connectivity index (χ1v) is 9.41. The molecule has 0 saturated heterocycles. The third-order valence-electron chi connectivity index (χ3n) is 4.86. The molecular formula is C23H23NO3. The van der Waals surface area contributed by atoms with E-state index < -0.39 is 0 Å². The van der Waals surface area contributed by atoms with Crippen molar-refractivity contribution in [1.29, 1.82) is 0 Å². The van der Waals surface area contributed by atoms with Crippen molar-refractivity contribution in [2.24, 2.45) is 0 Å². The largest absolute Gasteiger partial charge is 0.490 e. The average Bonchev–Trinajstić information content (AvgIpc) is 2.98. The van der Waals surface area contributed by atoms with Crippen LogP contribution < -0.4 is 9.47 Å². The van der Waals surface area contributed by atoms with Crippen molar-refractivity contribution >= 4 is 17.6 Å². The Bertz CT molecular complexity index is 870. The minimum absolute atomic E-state index is 0.0328. The highest BCUT2D eigenvalue weighted by atomic mass is 16.5. The summed E-state index contributed by atoms with van der Waals surface area (Å²) in [5.41, 5.74) is 3.49. The molecule has 0 bridgehead atoms. The minimum atomic E-state index is 0.0328. The summed E-state index contributed by atoms with van der Waals surface area (Å²) in [6.07, 6.45) is 7.39. The molecule has 2 aliphatic heterocycles. The molecule has 0 aromatic heterocycles. The van der Waals surface area contributed by atoms with Crippen molar-refractivity contribution in [3.8, 4) is 11.5 Å². The van der Waals surface area contributed by atoms with Gasteiger partial charge in [0.25, 0.3) is 0 Å². The van der Waals surface area contributed by atoms with Gasteiger partial charge in [-0.2, -0.15) is 0 Å². The zero-order valence-corrected chi connectivity index (χ0v) is 15.3. The zero-order chi connectivity index (χ0) is 18.5. The molecule has 4 rings (SSSR count). The van der Waals surface area contributed by atoms with Gasteiger partial charge in [-0.25, -0.2) is 0 Å². The molecular weight excluding hydrogens is 338 g/mol. The summed E-state index contributed by atoms with van der Waals surface area (Å²) in [5, 5.41) is 0. The summed E-state index contributed by atoms with van der Waals surface area (Å²) < 4.78 is 11.3. The lowest BCUT2D eigenvalue weighted by Gasteiger charge is -2.25. The van der Waals surface area contributed by atoms with Crippen molar-refractivity contribution in [1.82, 2.24) is 4.90 Å². The van der Waals surface area contributed by atoms with E-state index in [-0.39, 0.29) is 5.91 Å². The SMILES string of the molecule is O=C(/C=C/c1ccc2c(c1)OCCCO2)N1CC=C(c2ccccc2)CC1. The zero-order valence-electron chi connectivity index (χ0n) is 15.3. The third-order valence-corrected chi connectivity index (χ3v) is 4.86. The minimum Gasteiger partial charge on any atom is -0.490 e. The summed E-state index contributed by atoms with van der Waals surface area (Å²) in [6.45, 7) is 2.72. The van der Waals surface area contributed by atoms with Gasteiger partial charge in [0.2, 0.25) is 5.91 Å². The molecule has 0 saturated carbocycles. The molecule has 0 N–H and O–H groups in total. The summed E-state index contributed by atoms with van der Waals surface area (Å²) in [5.74, 6) is 1.55. The van der Waals surface area contributed by atoms with Crippen LogP contribution in [0, 0.1) is 0 Å². The summed E-state index contributed by atoms with van der Waals surface area (Å²) in [4.78, 5) is 14.4. The lowest BCUT2D eigenvalue weighted by Crippen LogP contribution is -2.33. The fraction of sp³-hybridized carbons (Fsp3) is 0.261. The molecule has 27 heavy (non-hydrogen) atoms. The van der Waals surface area contributed by atoms with E-state index in [1.165, 1.54) is 11.1 Å². The molecule has 1 amide bonds. The fourth-order valence-electron chi connectivity index (χ4n) is 3.34. The van der Waals surface area contributed by atoms with Crippen LogP contribution in [0.1, 0.15) is 24.0 Å². The average molecular weight is 361 g/mol. The Morgan fingerprint density at radius 1 is 1.00 bits per heavy atom. The van der Waals surface area contributed by atoms with Crippen molar-refractivity contribution in [2.45, 2.75) is 12.8 Å². The molecule has 2 aliphatic rings. The van der Waals surface area contributed by atoms with Crippen LogP contribution in [0.5, 0.6) is 11.5 Å². The fourth-order valence-corrected chi connectivity index (χ4v) is 3.34. The van der Waals surface area contributed by atoms with Crippen LogP contribution >= 0.6 is 0 Å². The summed E-state index contributed by atoms with van der Waals surface area (Å²) >= 11 is 0. The van der Waals surface area contributed by atoms with Gasteiger partial charge in [0.15, 0.2) is 11.5 Å². The number of rotatable bonds is 3. The second kappa shape index (κ2) is 8.12. The number of carbonyl (C=O) groups is 1. The quantitative estimate of drug-likeness (QED) is 0.770. The van der Waals surface area contributed by atoms with Crippen molar-refractivity contribution in [2.75, 3.05) is 26.3 Å². The van der Waals surface area contributed by atoms with Crippen LogP contribution in [-0.2, 0) is 4.79 Å². The molecule has 0 atom stereocenters. The van der Waals surface area contributed by atoms with Gasteiger partial charge in [0.05, 0.1) is 13.2 Å². The smallest absolute Gasteiger partial charge is 0.246 e. The Morgan fingerprint density at radius 3 is 2.59 bits per heavy atom. The number of fused-ring (bicyclic) bond motifs is 1. The number of nitrogens with zero attached hydrogens (tertiary/aromatic N) is 1. The number of amides is 1. The van der Waals surface area contributed by atoms with Crippen molar-refractivity contribution < 1.29 is 14.3 Å². The molecule has 0 fully saturated rings. The highest BCUT2D eigenvalue weighted by molar-refractivity contribution is 5.92. The summed E-state index contributed by atoms with van der Waals surface area (Å²) in [6, 6.07) is 16.1. The number of benzene rings is 2. The normalized spacial score (nSPS) is 16.7. The Balaban J connectivity index is 1.40. The molecule has 0 radical (unpaired) electrons. The molecule has 2 aromatic rings. The van der Waals surface area contributed by atoms with Crippen LogP contribution in [0.4, 0.5) is 0 Å². The topological polar surface area (TPSA) is 38.8 Å². The van der Waals surface area contributed by atoms with Gasteiger partial charge < -0.3 is 14.4 Å². The third kappa shape index (κ3) is 4.22. The van der Waals surface area contributed by atoms with Crippen LogP contribution in [0.3, 0.4) is 0 Å². The van der Waals surface area contributed by atoms with Crippen LogP contribution in [0.2, 0.25) is 0 Å². The number of hydrogen-bond donors (Lipinski definition) is 0. The van der Waals surface area contributed by atoms with Gasteiger partial charge in [-0.15, -0.1) is 0 Å². The maximum atomic E-state index is 12.5. The molecule has 2 heterocycles. The van der Waals surface area contributed by atoms with Gasteiger partial charge >= 0.3 is 0 Å². The van der Waals surface area contributed by atoms with E-state index in [0.29, 0.717) is 19.8 Å². The predicted molar refractivity (Wildman–Crippen MR) is 107 cm³/mol. The van der Waals surface area contributed by atoms with Crippen LogP contribution in [-0.4, -0.2) is 37.1 Å². The molecule has 0 aliphatic carbocycles. The summed E-state index contributed by atoms with van der Waals surface area (Å²) in [7, 11) is 0. The second-order valence-corrected chi connectivity index (χ2v) is 6.72. The van der Waals surface area contributed by atoms with Crippen molar-refractivity contribution in [3.63, 3.8) is 0 Å². The van der Waals surface area contributed by atoms with Crippen LogP contribution in [0.25, 0.3) is 11.6 Å². The van der Waals surface area contributed by atoms with E-state index in [1.54, 1.807) is 6.08 Å². The van der Waals surface area contributed by atoms with Gasteiger partial charge in [0.1, 0.15) is 0 Å². The molecule has 2 aromatic carbocycles. The van der Waals surface area contributed by atoms with E-state index in [4.69, 9.17) is 9.47 Å². The maximum Gasteiger partial charge on any atom is 0.246 e. The van der Waals surface area contributed by atoms with Crippen LogP contribution in [0.15, 0.2) is 60.7 Å². The Morgan fingerprint density at radius 2 is 1.81 bits per heavy atom. The van der Waals surface area contributed by atoms with Gasteiger partial charge in [-0.1, -0.05) is 42.5 Å². The van der Waals surface area contributed by atoms with E-state index in [9.17, 15) is 4.79 Å². The first kappa shape index (κ1) is 17.4. The molecule has 0 spiro atoms. The maximum absolute atomic E-state index is 12.5. The van der Waals surface area contributed by atoms with Crippen molar-refractivity contribution in [3.05, 3.63) is 71.8 Å². The molecule has 138 valence electrons. The predicted octanol–water partition coefficient (Wildman–Crippen LogP) is 4.18. The number of carbonyl (C=O) groups excluding carboxylic acids is 1. The van der Waals surface area contributed by atoms with E-state index in [0.717, 1.165) is 36.4 Å². The molecule has 0 unspecified atom stereocenters. The first-order valence-electron chi connectivity index (χ1n) is 9.41. The Labute approximate surface area is 159 Å². The lowest BCUT2D eigenvalue weighted by atomic mass is 9.99. The van der Waals surface area contributed by atoms with Gasteiger partial charge in [0, 0.05) is 25.6 Å². The lowest BCUT2D eigenvalue weighted by molar-refractivity contribution is -0.125. The van der Waals surface area contributed by atoms with Gasteiger partial charge in [-0.3, -0.25) is 4.79 Å². The molecule has 4 nitrogen and oxygen atoms in total. The Hall–Kier alpha value is -3.01. The second-order valence-electron chi connectivity index (χ2n) is 6.72. The van der Waals surface area contributed by atoms with E-state index >= 15 is 0 Å². The Kier molecular flexibility index (Phi) is 5.24. The first-order chi connectivity index (χ1) is 13.3. The van der Waals surface area contributed by atoms with E-state index in [1.807, 2.05) is 47.4 Å².